The van der Waals surface area contributed by atoms with Crippen LogP contribution in [0.25, 0.3) is 10.7 Å². The first-order chi connectivity index (χ1) is 28.0. The molecular formula is C42H62N6O10S. The normalized spacial score (nSPS) is 39.3. The zero-order valence-electron chi connectivity index (χ0n) is 36.1. The van der Waals surface area contributed by atoms with Gasteiger partial charge < -0.3 is 43.6 Å². The van der Waals surface area contributed by atoms with Crippen LogP contribution in [0.1, 0.15) is 92.2 Å². The molecule has 0 amide bonds. The molecule has 17 heteroatoms. The fourth-order valence-electron chi connectivity index (χ4n) is 9.45. The molecule has 16 atom stereocenters. The third-order valence-corrected chi connectivity index (χ3v) is 13.9. The highest BCUT2D eigenvalue weighted by Gasteiger charge is 2.59. The van der Waals surface area contributed by atoms with Crippen molar-refractivity contribution in [2.75, 3.05) is 21.2 Å². The number of hydrogen-bond acceptors (Lipinski definition) is 16. The summed E-state index contributed by atoms with van der Waals surface area (Å²) in [5.74, 6) is -4.66. The van der Waals surface area contributed by atoms with Crippen LogP contribution in [0.3, 0.4) is 0 Å². The third kappa shape index (κ3) is 9.12. The number of hydrogen-bond donors (Lipinski definition) is 2. The van der Waals surface area contributed by atoms with E-state index in [-0.39, 0.29) is 29.8 Å². The molecule has 326 valence electrons. The van der Waals surface area contributed by atoms with Gasteiger partial charge in [0, 0.05) is 42.8 Å². The van der Waals surface area contributed by atoms with E-state index in [4.69, 9.17) is 33.5 Å². The Balaban J connectivity index is 1.41. The van der Waals surface area contributed by atoms with Crippen LogP contribution < -0.4 is 0 Å². The monoisotopic (exact) mass is 842 g/mol. The predicted molar refractivity (Wildman–Crippen MR) is 219 cm³/mol. The van der Waals surface area contributed by atoms with E-state index < -0.39 is 84.1 Å². The van der Waals surface area contributed by atoms with Gasteiger partial charge in [0.25, 0.3) is 0 Å². The Morgan fingerprint density at radius 2 is 1.80 bits per heavy atom. The van der Waals surface area contributed by atoms with Gasteiger partial charge in [0.2, 0.25) is 0 Å². The van der Waals surface area contributed by atoms with Crippen LogP contribution in [-0.4, -0.2) is 130 Å². The number of aliphatic hydroxyl groups is 2. The summed E-state index contributed by atoms with van der Waals surface area (Å²) in [6.45, 7) is 15.0. The lowest BCUT2D eigenvalue weighted by atomic mass is 9.67. The Labute approximate surface area is 351 Å². The molecule has 2 bridgehead atoms. The van der Waals surface area contributed by atoms with Gasteiger partial charge in [-0.1, -0.05) is 50.3 Å². The van der Waals surface area contributed by atoms with E-state index in [1.54, 1.807) is 34.1 Å². The molecule has 3 saturated heterocycles. The summed E-state index contributed by atoms with van der Waals surface area (Å²) in [6.07, 6.45) is -3.07. The number of likely N-dealkylation sites (N-methyl/N-ethyl adjacent to an activating group) is 1. The molecule has 4 aliphatic rings. The molecule has 6 heterocycles. The summed E-state index contributed by atoms with van der Waals surface area (Å²) in [5.41, 5.74) is 0.326. The largest absolute Gasteiger partial charge is 0.458 e. The number of carbonyl (C=O) groups is 2. The Hall–Kier alpha value is -3.45. The maximum absolute atomic E-state index is 14.0. The number of rotatable bonds is 10. The molecule has 0 radical (unpaired) electrons. The fraction of sp³-hybridized carbons (Fsp3) is 0.738. The van der Waals surface area contributed by atoms with Gasteiger partial charge in [0.1, 0.15) is 29.9 Å². The van der Waals surface area contributed by atoms with Gasteiger partial charge in [-0.2, -0.15) is 0 Å². The molecule has 2 aromatic heterocycles. The summed E-state index contributed by atoms with van der Waals surface area (Å²) in [6, 6.07) is 5.32. The number of aliphatic imine (C=N–C) groups is 1. The van der Waals surface area contributed by atoms with Crippen LogP contribution in [0, 0.1) is 35.5 Å². The zero-order valence-corrected chi connectivity index (χ0v) is 36.9. The number of pyridine rings is 1. The van der Waals surface area contributed by atoms with Crippen molar-refractivity contribution in [2.45, 2.75) is 142 Å². The molecule has 2 N–H and O–H groups in total. The SMILES string of the molecule is CC[C@@H]1OC(=O)[C@H](C)[C@H](O)[C@H](C)[C@@H](OC2O[C@H](C)C[C@H](N(C)C)[C@H]2O)[C@](C)(OC)C[C@@H](C)C2=N/C(=N\O[C@@H](C)c3nnc(-c4ccccn4)s3)[C@@H]3C(=O)OC1[C@H]3[C@H]2CC. The van der Waals surface area contributed by atoms with Crippen LogP contribution in [-0.2, 0) is 38.1 Å². The average molecular weight is 843 g/mol. The van der Waals surface area contributed by atoms with Crippen LogP contribution in [0.15, 0.2) is 34.5 Å². The molecule has 4 aliphatic heterocycles. The molecule has 6 rings (SSSR count). The zero-order chi connectivity index (χ0) is 42.9. The molecule has 59 heavy (non-hydrogen) atoms. The number of nitrogens with zero attached hydrogens (tertiary/aromatic N) is 6. The van der Waals surface area contributed by atoms with Gasteiger partial charge in [-0.15, -0.1) is 10.2 Å². The Morgan fingerprint density at radius 3 is 2.44 bits per heavy atom. The quantitative estimate of drug-likeness (QED) is 0.244. The van der Waals surface area contributed by atoms with Gasteiger partial charge in [-0.3, -0.25) is 14.6 Å². The van der Waals surface area contributed by atoms with Crippen molar-refractivity contribution in [3.05, 3.63) is 29.4 Å². The number of carbonyl (C=O) groups excluding carboxylic acids is 2. The number of fused-ring (bicyclic) bond motifs is 1. The first kappa shape index (κ1) is 45.1. The Bertz CT molecular complexity index is 1830. The van der Waals surface area contributed by atoms with Crippen molar-refractivity contribution in [1.29, 1.82) is 0 Å². The first-order valence-electron chi connectivity index (χ1n) is 20.9. The Morgan fingerprint density at radius 1 is 1.05 bits per heavy atom. The lowest BCUT2D eigenvalue weighted by Crippen LogP contribution is -2.60. The Kier molecular flexibility index (Phi) is 14.3. The van der Waals surface area contributed by atoms with E-state index in [9.17, 15) is 19.8 Å². The topological polar surface area (TPSA) is 197 Å². The first-order valence-corrected chi connectivity index (χ1v) is 21.7. The molecule has 2 aromatic rings. The second-order valence-corrected chi connectivity index (χ2v) is 18.1. The maximum atomic E-state index is 14.0. The molecule has 0 saturated carbocycles. The van der Waals surface area contributed by atoms with Crippen molar-refractivity contribution in [3.63, 3.8) is 0 Å². The molecule has 0 aliphatic carbocycles. The highest BCUT2D eigenvalue weighted by molar-refractivity contribution is 7.14. The standard InChI is InChI=1S/C42H62N6O10S/c1-12-25-29-30-36(47-58-24(7)37-45-46-38(59-37)26-16-14-15-17-43-26)44-31(25)20(3)19-42(8,53-11)35(57-41-33(50)27(48(9)10)18-21(4)54-41)22(5)32(49)23(6)39(51)55-28(13-2)34(29)56-40(30)52/h14-17,20-25,27-30,32-35,41,49-50H,12-13,18-19H2,1-11H3/b47-36-/t20-,21-,22+,23-,24+,25-,27+,28+,29+,30-,32-,33-,34?,35-,41?,42-/m1/s1. The van der Waals surface area contributed by atoms with Crippen LogP contribution in [0.4, 0.5) is 0 Å². The second kappa shape index (κ2) is 18.7. The summed E-state index contributed by atoms with van der Waals surface area (Å²) in [5, 5.41) is 37.9. The number of esters is 2. The smallest absolute Gasteiger partial charge is 0.317 e. The van der Waals surface area contributed by atoms with Crippen molar-refractivity contribution >= 4 is 34.8 Å². The minimum Gasteiger partial charge on any atom is -0.458 e. The van der Waals surface area contributed by atoms with E-state index in [2.05, 4.69) is 20.3 Å². The second-order valence-electron chi connectivity index (χ2n) is 17.1. The highest BCUT2D eigenvalue weighted by Crippen LogP contribution is 2.47. The lowest BCUT2D eigenvalue weighted by Gasteiger charge is -2.48. The number of ether oxygens (including phenoxy) is 5. The molecule has 0 spiro atoms. The van der Waals surface area contributed by atoms with E-state index in [1.165, 1.54) is 11.3 Å². The van der Waals surface area contributed by atoms with Crippen LogP contribution in [0.2, 0.25) is 0 Å². The number of methoxy groups -OCH3 is 1. The lowest BCUT2D eigenvalue weighted by molar-refractivity contribution is -0.301. The number of cyclic esters (lactones) is 1. The minimum absolute atomic E-state index is 0.162. The molecule has 3 fully saturated rings. The van der Waals surface area contributed by atoms with Crippen molar-refractivity contribution in [2.24, 2.45) is 45.7 Å². The summed E-state index contributed by atoms with van der Waals surface area (Å²) in [4.78, 5) is 45.5. The van der Waals surface area contributed by atoms with Crippen molar-refractivity contribution in [1.82, 2.24) is 20.1 Å². The van der Waals surface area contributed by atoms with Gasteiger partial charge >= 0.3 is 11.9 Å². The van der Waals surface area contributed by atoms with E-state index in [0.29, 0.717) is 41.4 Å². The number of aliphatic hydroxyl groups excluding tert-OH is 2. The van der Waals surface area contributed by atoms with Crippen LogP contribution in [0.5, 0.6) is 0 Å². The van der Waals surface area contributed by atoms with Gasteiger partial charge in [-0.25, -0.2) is 4.99 Å². The summed E-state index contributed by atoms with van der Waals surface area (Å²) < 4.78 is 31.7. The van der Waals surface area contributed by atoms with Crippen molar-refractivity contribution < 1.29 is 48.3 Å². The van der Waals surface area contributed by atoms with E-state index in [0.717, 1.165) is 5.71 Å². The summed E-state index contributed by atoms with van der Waals surface area (Å²) in [7, 11) is 5.39. The molecular weight excluding hydrogens is 781 g/mol. The van der Waals surface area contributed by atoms with E-state index >= 15 is 0 Å². The average Bonchev–Trinajstić information content (AvgIpc) is 3.86. The number of amidine groups is 1. The van der Waals surface area contributed by atoms with Gasteiger partial charge in [0.05, 0.1) is 29.8 Å². The number of aromatic nitrogens is 3. The molecule has 2 unspecified atom stereocenters. The van der Waals surface area contributed by atoms with Crippen LogP contribution >= 0.6 is 11.3 Å². The highest BCUT2D eigenvalue weighted by atomic mass is 32.1. The van der Waals surface area contributed by atoms with Gasteiger partial charge in [0.15, 0.2) is 28.2 Å². The summed E-state index contributed by atoms with van der Waals surface area (Å²) >= 11 is 1.33. The van der Waals surface area contributed by atoms with E-state index in [1.807, 2.05) is 71.8 Å². The molecule has 0 aromatic carbocycles. The minimum atomic E-state index is -1.24. The van der Waals surface area contributed by atoms with Crippen molar-refractivity contribution in [3.8, 4) is 10.7 Å². The molecule has 16 nitrogen and oxygen atoms in total. The maximum Gasteiger partial charge on any atom is 0.317 e. The fourth-order valence-corrected chi connectivity index (χ4v) is 10.2. The third-order valence-electron chi connectivity index (χ3n) is 12.8. The van der Waals surface area contributed by atoms with Gasteiger partial charge in [-0.05, 0) is 85.5 Å². The predicted octanol–water partition coefficient (Wildman–Crippen LogP) is 4.84. The number of oxime groups is 1.